The first kappa shape index (κ1) is 12.0. The summed E-state index contributed by atoms with van der Waals surface area (Å²) in [5.41, 5.74) is 0.753. The molecule has 1 aromatic rings. The van der Waals surface area contributed by atoms with E-state index in [2.05, 4.69) is 21.2 Å². The predicted molar refractivity (Wildman–Crippen MR) is 65.0 cm³/mol. The van der Waals surface area contributed by atoms with E-state index in [0.29, 0.717) is 0 Å². The van der Waals surface area contributed by atoms with Gasteiger partial charge in [0.2, 0.25) is 0 Å². The Balaban J connectivity index is 1.90. The molecule has 1 heterocycles. The summed E-state index contributed by atoms with van der Waals surface area (Å²) in [5, 5.41) is 3.27. The van der Waals surface area contributed by atoms with E-state index in [9.17, 15) is 4.39 Å². The highest BCUT2D eigenvalue weighted by Gasteiger charge is 2.14. The molecule has 1 aliphatic rings. The molecule has 0 aliphatic carbocycles. The van der Waals surface area contributed by atoms with Gasteiger partial charge in [-0.15, -0.1) is 0 Å². The lowest BCUT2D eigenvalue weighted by molar-refractivity contribution is 0.0237. The van der Waals surface area contributed by atoms with Crippen LogP contribution in [0.25, 0.3) is 0 Å². The fourth-order valence-corrected chi connectivity index (χ4v) is 2.27. The van der Waals surface area contributed by atoms with E-state index < -0.39 is 0 Å². The third-order valence-corrected chi connectivity index (χ3v) is 3.24. The van der Waals surface area contributed by atoms with E-state index in [1.165, 1.54) is 6.07 Å². The summed E-state index contributed by atoms with van der Waals surface area (Å²) in [6.07, 6.45) is 1.80. The highest BCUT2D eigenvalue weighted by atomic mass is 79.9. The number of ether oxygens (including phenoxy) is 1. The van der Waals surface area contributed by atoms with Crippen LogP contribution in [0.2, 0.25) is 0 Å². The van der Waals surface area contributed by atoms with E-state index in [-0.39, 0.29) is 11.9 Å². The van der Waals surface area contributed by atoms with Crippen LogP contribution in [0.1, 0.15) is 12.0 Å². The molecule has 16 heavy (non-hydrogen) atoms. The molecule has 1 aromatic carbocycles. The quantitative estimate of drug-likeness (QED) is 0.922. The summed E-state index contributed by atoms with van der Waals surface area (Å²) in [7, 11) is 0. The molecule has 0 saturated carbocycles. The van der Waals surface area contributed by atoms with Gasteiger partial charge in [-0.25, -0.2) is 4.39 Å². The van der Waals surface area contributed by atoms with Gasteiger partial charge in [-0.2, -0.15) is 0 Å². The van der Waals surface area contributed by atoms with Crippen molar-refractivity contribution in [2.24, 2.45) is 0 Å². The molecule has 1 atom stereocenters. The Morgan fingerprint density at radius 3 is 3.12 bits per heavy atom. The number of morpholine rings is 1. The van der Waals surface area contributed by atoms with Crippen molar-refractivity contribution in [2.75, 3.05) is 19.7 Å². The Morgan fingerprint density at radius 2 is 2.38 bits per heavy atom. The summed E-state index contributed by atoms with van der Waals surface area (Å²) >= 11 is 3.35. The molecule has 0 spiro atoms. The van der Waals surface area contributed by atoms with Crippen molar-refractivity contribution >= 4 is 15.9 Å². The molecule has 2 rings (SSSR count). The van der Waals surface area contributed by atoms with Crippen LogP contribution >= 0.6 is 15.9 Å². The zero-order valence-electron chi connectivity index (χ0n) is 9.01. The molecule has 1 aliphatic heterocycles. The van der Waals surface area contributed by atoms with Crippen molar-refractivity contribution in [2.45, 2.75) is 18.9 Å². The number of benzene rings is 1. The van der Waals surface area contributed by atoms with E-state index in [0.717, 1.165) is 42.6 Å². The van der Waals surface area contributed by atoms with Gasteiger partial charge in [0.1, 0.15) is 5.82 Å². The fourth-order valence-electron chi connectivity index (χ4n) is 1.86. The number of aryl methyl sites for hydroxylation is 1. The van der Waals surface area contributed by atoms with Gasteiger partial charge < -0.3 is 10.1 Å². The molecule has 88 valence electrons. The molecular formula is C12H15BrFNO. The summed E-state index contributed by atoms with van der Waals surface area (Å²) in [6, 6.07) is 5.06. The first-order valence-corrected chi connectivity index (χ1v) is 6.31. The largest absolute Gasteiger partial charge is 0.376 e. The van der Waals surface area contributed by atoms with Crippen LogP contribution in [0.3, 0.4) is 0 Å². The SMILES string of the molecule is Fc1ccc(Br)cc1CCC1CNCCO1. The number of hydrogen-bond acceptors (Lipinski definition) is 2. The molecule has 1 fully saturated rings. The lowest BCUT2D eigenvalue weighted by Gasteiger charge is -2.23. The first-order valence-electron chi connectivity index (χ1n) is 5.52. The first-order chi connectivity index (χ1) is 7.75. The average Bonchev–Trinajstić information content (AvgIpc) is 2.32. The minimum atomic E-state index is -0.132. The molecule has 0 amide bonds. The molecule has 4 heteroatoms. The molecule has 1 unspecified atom stereocenters. The fraction of sp³-hybridized carbons (Fsp3) is 0.500. The van der Waals surface area contributed by atoms with E-state index in [1.807, 2.05) is 6.07 Å². The minimum absolute atomic E-state index is 0.132. The maximum absolute atomic E-state index is 13.4. The van der Waals surface area contributed by atoms with Gasteiger partial charge in [-0.3, -0.25) is 0 Å². The normalized spacial score (nSPS) is 21.0. The van der Waals surface area contributed by atoms with Crippen LogP contribution in [0.5, 0.6) is 0 Å². The molecule has 0 radical (unpaired) electrons. The number of rotatable bonds is 3. The van der Waals surface area contributed by atoms with Gasteiger partial charge >= 0.3 is 0 Å². The Morgan fingerprint density at radius 1 is 1.50 bits per heavy atom. The second-order valence-corrected chi connectivity index (χ2v) is 4.89. The highest BCUT2D eigenvalue weighted by molar-refractivity contribution is 9.10. The molecule has 1 N–H and O–H groups in total. The summed E-state index contributed by atoms with van der Waals surface area (Å²) in [6.45, 7) is 2.54. The van der Waals surface area contributed by atoms with Crippen molar-refractivity contribution in [1.82, 2.24) is 5.32 Å². The Labute approximate surface area is 103 Å². The summed E-state index contributed by atoms with van der Waals surface area (Å²) in [5.74, 6) is -0.132. The molecule has 0 aromatic heterocycles. The van der Waals surface area contributed by atoms with Gasteiger partial charge in [-0.05, 0) is 36.6 Å². The van der Waals surface area contributed by atoms with Crippen molar-refractivity contribution in [1.29, 1.82) is 0 Å². The maximum atomic E-state index is 13.4. The van der Waals surface area contributed by atoms with Crippen LogP contribution in [-0.2, 0) is 11.2 Å². The van der Waals surface area contributed by atoms with Gasteiger partial charge in [-0.1, -0.05) is 15.9 Å². The van der Waals surface area contributed by atoms with Crippen molar-refractivity contribution in [3.63, 3.8) is 0 Å². The second kappa shape index (κ2) is 5.75. The number of nitrogens with one attached hydrogen (secondary N) is 1. The maximum Gasteiger partial charge on any atom is 0.126 e. The number of hydrogen-bond donors (Lipinski definition) is 1. The lowest BCUT2D eigenvalue weighted by Crippen LogP contribution is -2.38. The van der Waals surface area contributed by atoms with Crippen LogP contribution in [0.4, 0.5) is 4.39 Å². The molecule has 1 saturated heterocycles. The van der Waals surface area contributed by atoms with Gasteiger partial charge in [0.25, 0.3) is 0 Å². The zero-order chi connectivity index (χ0) is 11.4. The Bertz CT molecular complexity index is 353. The van der Waals surface area contributed by atoms with E-state index in [4.69, 9.17) is 4.74 Å². The van der Waals surface area contributed by atoms with Crippen LogP contribution in [-0.4, -0.2) is 25.8 Å². The smallest absolute Gasteiger partial charge is 0.126 e. The number of halogens is 2. The monoisotopic (exact) mass is 287 g/mol. The van der Waals surface area contributed by atoms with Crippen LogP contribution < -0.4 is 5.32 Å². The highest BCUT2D eigenvalue weighted by Crippen LogP contribution is 2.18. The molecule has 2 nitrogen and oxygen atoms in total. The Kier molecular flexibility index (Phi) is 4.32. The molecular weight excluding hydrogens is 273 g/mol. The third kappa shape index (κ3) is 3.27. The summed E-state index contributed by atoms with van der Waals surface area (Å²) < 4.78 is 19.9. The summed E-state index contributed by atoms with van der Waals surface area (Å²) in [4.78, 5) is 0. The van der Waals surface area contributed by atoms with Gasteiger partial charge in [0.15, 0.2) is 0 Å². The van der Waals surface area contributed by atoms with Crippen molar-refractivity contribution in [3.05, 3.63) is 34.1 Å². The standard InChI is InChI=1S/C12H15BrFNO/c13-10-2-4-12(14)9(7-10)1-3-11-8-15-5-6-16-11/h2,4,7,11,15H,1,3,5-6,8H2. The van der Waals surface area contributed by atoms with E-state index >= 15 is 0 Å². The van der Waals surface area contributed by atoms with Crippen molar-refractivity contribution in [3.8, 4) is 0 Å². The third-order valence-electron chi connectivity index (χ3n) is 2.75. The Hall–Kier alpha value is -0.450. The van der Waals surface area contributed by atoms with Crippen LogP contribution in [0, 0.1) is 5.82 Å². The predicted octanol–water partition coefficient (Wildman–Crippen LogP) is 2.51. The van der Waals surface area contributed by atoms with E-state index in [1.54, 1.807) is 6.07 Å². The van der Waals surface area contributed by atoms with Crippen molar-refractivity contribution < 1.29 is 9.13 Å². The average molecular weight is 288 g/mol. The van der Waals surface area contributed by atoms with Crippen LogP contribution in [0.15, 0.2) is 22.7 Å². The van der Waals surface area contributed by atoms with Gasteiger partial charge in [0.05, 0.1) is 12.7 Å². The topological polar surface area (TPSA) is 21.3 Å². The zero-order valence-corrected chi connectivity index (χ0v) is 10.6. The minimum Gasteiger partial charge on any atom is -0.376 e. The van der Waals surface area contributed by atoms with Gasteiger partial charge in [0, 0.05) is 17.6 Å². The second-order valence-electron chi connectivity index (χ2n) is 3.97. The molecule has 0 bridgehead atoms. The lowest BCUT2D eigenvalue weighted by atomic mass is 10.1.